The molecule has 0 fully saturated rings. The van der Waals surface area contributed by atoms with E-state index in [1.165, 1.54) is 23.8 Å². The number of nitrogens with zero attached hydrogens (tertiary/aromatic N) is 3. The molecule has 38 heavy (non-hydrogen) atoms. The molecule has 0 aliphatic carbocycles. The highest BCUT2D eigenvalue weighted by molar-refractivity contribution is 6.74. The first-order chi connectivity index (χ1) is 18.1. The number of aromatic nitrogens is 3. The molecular weight excluding hydrogens is 494 g/mol. The predicted octanol–water partition coefficient (Wildman–Crippen LogP) is 6.76. The molecule has 1 unspecified atom stereocenters. The molecule has 0 aliphatic heterocycles. The Hall–Kier alpha value is -3.62. The van der Waals surface area contributed by atoms with Gasteiger partial charge in [-0.25, -0.2) is 9.78 Å². The number of carbonyl (C=O) groups excluding carboxylic acids is 1. The number of methoxy groups -OCH3 is 1. The van der Waals surface area contributed by atoms with Crippen LogP contribution in [0.3, 0.4) is 0 Å². The summed E-state index contributed by atoms with van der Waals surface area (Å²) in [4.78, 5) is 16.2. The van der Waals surface area contributed by atoms with Gasteiger partial charge in [0, 0.05) is 0 Å². The topological polar surface area (TPSA) is 87.3 Å². The Morgan fingerprint density at radius 3 is 2.24 bits per heavy atom. The van der Waals surface area contributed by atoms with Crippen LogP contribution in [0.5, 0.6) is 0 Å². The summed E-state index contributed by atoms with van der Waals surface area (Å²) in [6, 6.07) is 24.0. The summed E-state index contributed by atoms with van der Waals surface area (Å²) >= 11 is 0. The van der Waals surface area contributed by atoms with Crippen LogP contribution in [0.25, 0.3) is 22.7 Å². The van der Waals surface area contributed by atoms with Gasteiger partial charge in [0.05, 0.1) is 19.6 Å². The van der Waals surface area contributed by atoms with Crippen molar-refractivity contribution in [1.29, 1.82) is 0 Å². The minimum Gasteiger partial charge on any atom is -0.464 e. The van der Waals surface area contributed by atoms with Crippen LogP contribution < -0.4 is 0 Å². The van der Waals surface area contributed by atoms with Gasteiger partial charge in [0.2, 0.25) is 5.89 Å². The van der Waals surface area contributed by atoms with Crippen molar-refractivity contribution >= 4 is 14.3 Å². The maximum atomic E-state index is 11.9. The van der Waals surface area contributed by atoms with Crippen molar-refractivity contribution in [3.63, 3.8) is 0 Å². The number of benzene rings is 2. The molecule has 2 aromatic heterocycles. The Kier molecular flexibility index (Phi) is 8.23. The number of hydrogen-bond acceptors (Lipinski definition) is 7. The van der Waals surface area contributed by atoms with Gasteiger partial charge in [0.1, 0.15) is 11.4 Å². The van der Waals surface area contributed by atoms with Crippen LogP contribution in [0.1, 0.15) is 42.7 Å². The van der Waals surface area contributed by atoms with Gasteiger partial charge >= 0.3 is 5.97 Å². The molecule has 7 nitrogen and oxygen atoms in total. The third-order valence-electron chi connectivity index (χ3n) is 7.02. The lowest BCUT2D eigenvalue weighted by atomic mass is 10.0. The first-order valence-corrected chi connectivity index (χ1v) is 15.7. The van der Waals surface area contributed by atoms with E-state index >= 15 is 0 Å². The number of carbonyl (C=O) groups is 1. The molecular formula is C30H35N3O4Si. The quantitative estimate of drug-likeness (QED) is 0.175. The van der Waals surface area contributed by atoms with E-state index in [1.807, 2.05) is 18.2 Å². The van der Waals surface area contributed by atoms with Crippen LogP contribution in [0, 0.1) is 0 Å². The van der Waals surface area contributed by atoms with Crippen LogP contribution in [-0.2, 0) is 22.0 Å². The van der Waals surface area contributed by atoms with Crippen LogP contribution in [0.15, 0.2) is 77.2 Å². The summed E-state index contributed by atoms with van der Waals surface area (Å²) in [6.07, 6.45) is 1.05. The normalized spacial score (nSPS) is 12.8. The molecule has 0 saturated heterocycles. The highest BCUT2D eigenvalue weighted by atomic mass is 28.4. The minimum atomic E-state index is -2.07. The molecule has 4 aromatic rings. The summed E-state index contributed by atoms with van der Waals surface area (Å²) < 4.78 is 17.6. The van der Waals surface area contributed by atoms with Gasteiger partial charge in [0.25, 0.3) is 5.89 Å². The van der Waals surface area contributed by atoms with Crippen molar-refractivity contribution in [1.82, 2.24) is 15.2 Å². The summed E-state index contributed by atoms with van der Waals surface area (Å²) in [6.45, 7) is 11.2. The minimum absolute atomic E-state index is 0.0562. The number of ether oxygens (including phenoxy) is 1. The molecule has 8 heteroatoms. The van der Waals surface area contributed by atoms with Crippen LogP contribution in [0.2, 0.25) is 18.1 Å². The van der Waals surface area contributed by atoms with E-state index in [2.05, 4.69) is 85.4 Å². The molecule has 0 amide bonds. The van der Waals surface area contributed by atoms with Crippen molar-refractivity contribution in [3.8, 4) is 22.7 Å². The van der Waals surface area contributed by atoms with Crippen LogP contribution in [0.4, 0.5) is 0 Å². The fraction of sp³-hybridized carbons (Fsp3) is 0.333. The standard InChI is InChI=1S/C30H35N3O4Si/c1-30(2,3)38(5,6)37-24(19-21-15-17-23(18-16-21)22-11-8-7-9-12-22)20-27-32-33-28(36-27)25-13-10-14-26(31-25)29(34)35-4/h7-18,24H,19-20H2,1-6H3. The average molecular weight is 530 g/mol. The smallest absolute Gasteiger partial charge is 0.356 e. The summed E-state index contributed by atoms with van der Waals surface area (Å²) in [7, 11) is -0.756. The molecule has 4 rings (SSSR count). The first kappa shape index (κ1) is 27.4. The second-order valence-corrected chi connectivity index (χ2v) is 15.6. The Morgan fingerprint density at radius 2 is 1.58 bits per heavy atom. The molecule has 2 aromatic carbocycles. The summed E-state index contributed by atoms with van der Waals surface area (Å²) in [5.74, 6) is 0.201. The lowest BCUT2D eigenvalue weighted by Gasteiger charge is -2.39. The largest absolute Gasteiger partial charge is 0.464 e. The highest BCUT2D eigenvalue weighted by Crippen LogP contribution is 2.38. The molecule has 0 aliphatic rings. The highest BCUT2D eigenvalue weighted by Gasteiger charge is 2.39. The molecule has 0 saturated carbocycles. The number of pyridine rings is 1. The SMILES string of the molecule is COC(=O)c1cccc(-c2nnc(CC(Cc3ccc(-c4ccccc4)cc3)O[Si](C)(C)C(C)(C)C)o2)n1. The van der Waals surface area contributed by atoms with Gasteiger partial charge in [-0.15, -0.1) is 10.2 Å². The van der Waals surface area contributed by atoms with Gasteiger partial charge in [-0.3, -0.25) is 0 Å². The average Bonchev–Trinajstić information content (AvgIpc) is 3.37. The van der Waals surface area contributed by atoms with E-state index in [9.17, 15) is 4.79 Å². The maximum absolute atomic E-state index is 11.9. The van der Waals surface area contributed by atoms with Crippen molar-refractivity contribution in [2.45, 2.75) is 57.8 Å². The van der Waals surface area contributed by atoms with Crippen LogP contribution >= 0.6 is 0 Å². The zero-order valence-electron chi connectivity index (χ0n) is 22.9. The zero-order valence-corrected chi connectivity index (χ0v) is 23.9. The van der Waals surface area contributed by atoms with Gasteiger partial charge in [-0.2, -0.15) is 0 Å². The van der Waals surface area contributed by atoms with Crippen molar-refractivity contribution in [2.75, 3.05) is 7.11 Å². The lowest BCUT2D eigenvalue weighted by molar-refractivity contribution is 0.0594. The van der Waals surface area contributed by atoms with Crippen molar-refractivity contribution < 1.29 is 18.4 Å². The van der Waals surface area contributed by atoms with Crippen molar-refractivity contribution in [2.24, 2.45) is 0 Å². The summed E-state index contributed by atoms with van der Waals surface area (Å²) in [5, 5.41) is 8.52. The first-order valence-electron chi connectivity index (χ1n) is 12.8. The Labute approximate surface area is 225 Å². The third kappa shape index (κ3) is 6.62. The fourth-order valence-corrected chi connectivity index (χ4v) is 5.24. The van der Waals surface area contributed by atoms with Crippen LogP contribution in [-0.4, -0.2) is 42.7 Å². The predicted molar refractivity (Wildman–Crippen MR) is 150 cm³/mol. The molecule has 0 N–H and O–H groups in total. The number of hydrogen-bond donors (Lipinski definition) is 0. The second-order valence-electron chi connectivity index (χ2n) is 10.9. The van der Waals surface area contributed by atoms with E-state index in [-0.39, 0.29) is 22.7 Å². The Balaban J connectivity index is 1.55. The molecule has 2 heterocycles. The van der Waals surface area contributed by atoms with E-state index in [0.717, 1.165) is 6.42 Å². The molecule has 0 radical (unpaired) electrons. The fourth-order valence-electron chi connectivity index (χ4n) is 3.88. The molecule has 0 bridgehead atoms. The van der Waals surface area contributed by atoms with Gasteiger partial charge in [-0.05, 0) is 53.4 Å². The molecule has 1 atom stereocenters. The van der Waals surface area contributed by atoms with Gasteiger partial charge in [0.15, 0.2) is 8.32 Å². The number of rotatable bonds is 9. The maximum Gasteiger partial charge on any atom is 0.356 e. The zero-order chi connectivity index (χ0) is 27.3. The second kappa shape index (κ2) is 11.4. The summed E-state index contributed by atoms with van der Waals surface area (Å²) in [5.41, 5.74) is 4.16. The van der Waals surface area contributed by atoms with E-state index in [4.69, 9.17) is 13.6 Å². The number of esters is 1. The van der Waals surface area contributed by atoms with Gasteiger partial charge in [-0.1, -0.05) is 81.4 Å². The van der Waals surface area contributed by atoms with Gasteiger partial charge < -0.3 is 13.6 Å². The lowest BCUT2D eigenvalue weighted by Crippen LogP contribution is -2.45. The molecule has 0 spiro atoms. The van der Waals surface area contributed by atoms with E-state index in [1.54, 1.807) is 18.2 Å². The van der Waals surface area contributed by atoms with E-state index < -0.39 is 14.3 Å². The van der Waals surface area contributed by atoms with E-state index in [0.29, 0.717) is 18.0 Å². The van der Waals surface area contributed by atoms with Crippen molar-refractivity contribution in [3.05, 3.63) is 89.9 Å². The Bertz CT molecular complexity index is 1360. The third-order valence-corrected chi connectivity index (χ3v) is 11.6. The molecule has 198 valence electrons. The monoisotopic (exact) mass is 529 g/mol. The Morgan fingerprint density at radius 1 is 0.895 bits per heavy atom.